The molecular formula is C36H24N2S. The fourth-order valence-corrected chi connectivity index (χ4v) is 7.11. The summed E-state index contributed by atoms with van der Waals surface area (Å²) in [5, 5.41) is 2.59. The molecule has 0 unspecified atom stereocenters. The first kappa shape index (κ1) is 22.2. The highest BCUT2D eigenvalue weighted by Crippen LogP contribution is 2.51. The van der Waals surface area contributed by atoms with Crippen LogP contribution in [-0.2, 0) is 0 Å². The van der Waals surface area contributed by atoms with E-state index in [1.165, 1.54) is 42.7 Å². The van der Waals surface area contributed by atoms with Crippen molar-refractivity contribution in [3.05, 3.63) is 146 Å². The molecule has 0 N–H and O–H groups in total. The van der Waals surface area contributed by atoms with Crippen molar-refractivity contribution in [2.45, 2.75) is 0 Å². The van der Waals surface area contributed by atoms with Gasteiger partial charge < -0.3 is 9.80 Å². The van der Waals surface area contributed by atoms with Crippen LogP contribution in [0.2, 0.25) is 0 Å². The number of thiophene rings is 1. The van der Waals surface area contributed by atoms with Gasteiger partial charge in [0.2, 0.25) is 0 Å². The van der Waals surface area contributed by atoms with Crippen molar-refractivity contribution in [3.63, 3.8) is 0 Å². The Morgan fingerprint density at radius 1 is 0.359 bits per heavy atom. The van der Waals surface area contributed by atoms with E-state index in [1.54, 1.807) is 0 Å². The minimum absolute atomic E-state index is 1.14. The highest BCUT2D eigenvalue weighted by Gasteiger charge is 2.25. The molecule has 0 spiro atoms. The molecule has 2 nitrogen and oxygen atoms in total. The van der Waals surface area contributed by atoms with Gasteiger partial charge in [0.25, 0.3) is 0 Å². The van der Waals surface area contributed by atoms with Crippen LogP contribution in [0, 0.1) is 0 Å². The van der Waals surface area contributed by atoms with Gasteiger partial charge in [0, 0.05) is 33.5 Å². The van der Waals surface area contributed by atoms with Gasteiger partial charge in [-0.15, -0.1) is 11.3 Å². The number of fused-ring (bicyclic) bond motifs is 3. The van der Waals surface area contributed by atoms with Crippen molar-refractivity contribution in [1.82, 2.24) is 0 Å². The number of benzene rings is 6. The normalized spacial score (nSPS) is 12.5. The first-order chi connectivity index (χ1) is 19.3. The Morgan fingerprint density at radius 2 is 0.821 bits per heavy atom. The van der Waals surface area contributed by atoms with E-state index in [4.69, 9.17) is 0 Å². The predicted octanol–water partition coefficient (Wildman–Crippen LogP) is 11.0. The highest BCUT2D eigenvalue weighted by atomic mass is 32.1. The van der Waals surface area contributed by atoms with Gasteiger partial charge in [-0.2, -0.15) is 0 Å². The Hall–Kier alpha value is -4.86. The predicted molar refractivity (Wildman–Crippen MR) is 168 cm³/mol. The zero-order valence-electron chi connectivity index (χ0n) is 21.2. The molecule has 1 aliphatic rings. The molecule has 3 heteroatoms. The summed E-state index contributed by atoms with van der Waals surface area (Å²) in [5.74, 6) is 0. The van der Waals surface area contributed by atoms with E-state index in [9.17, 15) is 0 Å². The van der Waals surface area contributed by atoms with Gasteiger partial charge in [-0.1, -0.05) is 91.0 Å². The molecule has 0 saturated carbocycles. The summed E-state index contributed by atoms with van der Waals surface area (Å²) < 4.78 is 2.59. The fourth-order valence-electron chi connectivity index (χ4n) is 5.80. The van der Waals surface area contributed by atoms with Crippen LogP contribution in [0.5, 0.6) is 0 Å². The van der Waals surface area contributed by atoms with Gasteiger partial charge in [0.05, 0.1) is 20.8 Å². The van der Waals surface area contributed by atoms with Crippen LogP contribution in [0.15, 0.2) is 146 Å². The maximum atomic E-state index is 2.42. The molecule has 39 heavy (non-hydrogen) atoms. The van der Waals surface area contributed by atoms with Gasteiger partial charge in [-0.25, -0.2) is 0 Å². The third-order valence-electron chi connectivity index (χ3n) is 7.52. The summed E-state index contributed by atoms with van der Waals surface area (Å²) in [4.78, 5) is 4.84. The summed E-state index contributed by atoms with van der Waals surface area (Å²) >= 11 is 1.89. The highest BCUT2D eigenvalue weighted by molar-refractivity contribution is 7.27. The van der Waals surface area contributed by atoms with E-state index in [0.717, 1.165) is 22.7 Å². The number of para-hydroxylation sites is 2. The Labute approximate surface area is 231 Å². The van der Waals surface area contributed by atoms with Gasteiger partial charge in [-0.3, -0.25) is 0 Å². The van der Waals surface area contributed by atoms with Crippen LogP contribution in [0.1, 0.15) is 0 Å². The average molecular weight is 517 g/mol. The van der Waals surface area contributed by atoms with Crippen LogP contribution in [-0.4, -0.2) is 0 Å². The Balaban J connectivity index is 1.55. The van der Waals surface area contributed by atoms with Crippen LogP contribution in [0.3, 0.4) is 0 Å². The minimum atomic E-state index is 1.14. The van der Waals surface area contributed by atoms with E-state index >= 15 is 0 Å². The first-order valence-electron chi connectivity index (χ1n) is 13.2. The number of rotatable bonds is 3. The number of nitrogens with zero attached hydrogens (tertiary/aromatic N) is 2. The molecule has 1 aromatic heterocycles. The third kappa shape index (κ3) is 3.55. The standard InChI is InChI=1S/C36H24N2S/c1-4-12-25(13-5-1)26-22-29-24-30(23-26)38(28-16-8-3-9-17-28)34-21-11-19-32-31-18-10-20-33(35(31)39-36(32)34)37(29)27-14-6-2-7-15-27/h1-24H. The summed E-state index contributed by atoms with van der Waals surface area (Å²) in [5.41, 5.74) is 9.35. The molecule has 2 heterocycles. The first-order valence-corrected chi connectivity index (χ1v) is 14.0. The molecule has 184 valence electrons. The zero-order valence-corrected chi connectivity index (χ0v) is 22.0. The van der Waals surface area contributed by atoms with E-state index in [1.807, 2.05) is 11.3 Å². The molecule has 4 bridgehead atoms. The summed E-state index contributed by atoms with van der Waals surface area (Å²) in [7, 11) is 0. The smallest absolute Gasteiger partial charge is 0.0640 e. The molecule has 6 aromatic carbocycles. The van der Waals surface area contributed by atoms with Gasteiger partial charge >= 0.3 is 0 Å². The summed E-state index contributed by atoms with van der Waals surface area (Å²) in [6.45, 7) is 0. The van der Waals surface area contributed by atoms with Crippen molar-refractivity contribution in [1.29, 1.82) is 0 Å². The largest absolute Gasteiger partial charge is 0.309 e. The van der Waals surface area contributed by atoms with Crippen molar-refractivity contribution in [2.24, 2.45) is 0 Å². The van der Waals surface area contributed by atoms with Crippen molar-refractivity contribution in [3.8, 4) is 11.1 Å². The van der Waals surface area contributed by atoms with Crippen LogP contribution in [0.4, 0.5) is 34.1 Å². The minimum Gasteiger partial charge on any atom is -0.309 e. The van der Waals surface area contributed by atoms with Gasteiger partial charge in [0.15, 0.2) is 0 Å². The molecule has 0 atom stereocenters. The zero-order chi connectivity index (χ0) is 25.8. The summed E-state index contributed by atoms with van der Waals surface area (Å²) in [6, 6.07) is 52.6. The SMILES string of the molecule is c1ccc(-c2cc3cc(c2)N(c2ccccc2)c2cccc4c2sc2c(cccc24)N3c2ccccc2)cc1. The summed E-state index contributed by atoms with van der Waals surface area (Å²) in [6.07, 6.45) is 0. The van der Waals surface area contributed by atoms with E-state index in [0.29, 0.717) is 0 Å². The topological polar surface area (TPSA) is 6.48 Å². The lowest BCUT2D eigenvalue weighted by Crippen LogP contribution is -2.14. The molecule has 1 aliphatic heterocycles. The lowest BCUT2D eigenvalue weighted by molar-refractivity contribution is 1.26. The molecule has 7 aromatic rings. The Bertz CT molecular complexity index is 1840. The van der Waals surface area contributed by atoms with Crippen LogP contribution < -0.4 is 9.80 Å². The molecule has 0 radical (unpaired) electrons. The fraction of sp³-hybridized carbons (Fsp3) is 0. The number of hydrogen-bond donors (Lipinski definition) is 0. The third-order valence-corrected chi connectivity index (χ3v) is 8.79. The lowest BCUT2D eigenvalue weighted by atomic mass is 10.0. The van der Waals surface area contributed by atoms with Crippen molar-refractivity contribution < 1.29 is 0 Å². The molecule has 8 rings (SSSR count). The molecular weight excluding hydrogens is 492 g/mol. The van der Waals surface area contributed by atoms with Crippen LogP contribution in [0.25, 0.3) is 31.3 Å². The Morgan fingerprint density at radius 3 is 1.31 bits per heavy atom. The Kier molecular flexibility index (Phi) is 5.04. The lowest BCUT2D eigenvalue weighted by Gasteiger charge is -2.31. The molecule has 0 aliphatic carbocycles. The number of anilines is 6. The second-order valence-electron chi connectivity index (χ2n) is 9.86. The van der Waals surface area contributed by atoms with Crippen molar-refractivity contribution >= 4 is 65.6 Å². The second-order valence-corrected chi connectivity index (χ2v) is 10.9. The maximum absolute atomic E-state index is 2.42. The van der Waals surface area contributed by atoms with Gasteiger partial charge in [-0.05, 0) is 65.7 Å². The van der Waals surface area contributed by atoms with E-state index < -0.39 is 0 Å². The second kappa shape index (κ2) is 8.87. The molecule has 0 fully saturated rings. The quantitative estimate of drug-likeness (QED) is 0.230. The van der Waals surface area contributed by atoms with Crippen LogP contribution >= 0.6 is 11.3 Å². The number of hydrogen-bond acceptors (Lipinski definition) is 3. The van der Waals surface area contributed by atoms with E-state index in [2.05, 4.69) is 155 Å². The monoisotopic (exact) mass is 516 g/mol. The molecule has 0 amide bonds. The van der Waals surface area contributed by atoms with Gasteiger partial charge in [0.1, 0.15) is 0 Å². The average Bonchev–Trinajstić information content (AvgIpc) is 3.39. The maximum Gasteiger partial charge on any atom is 0.0640 e. The van der Waals surface area contributed by atoms with Crippen molar-refractivity contribution in [2.75, 3.05) is 9.80 Å². The van der Waals surface area contributed by atoms with E-state index in [-0.39, 0.29) is 0 Å². The molecule has 0 saturated heterocycles.